The minimum absolute atomic E-state index is 0.0339. The number of anilines is 1. The molecule has 2 aromatic heterocycles. The molecule has 6 rings (SSSR count). The number of amides is 2. The van der Waals surface area contributed by atoms with Crippen molar-refractivity contribution >= 4 is 39.4 Å². The number of ether oxygens (including phenoxy) is 3. The lowest BCUT2D eigenvalue weighted by Gasteiger charge is -2.35. The number of carbonyl (C=O) groups excluding carboxylic acids is 2. The third-order valence-corrected chi connectivity index (χ3v) is 9.44. The first-order valence-electron chi connectivity index (χ1n) is 16.5. The van der Waals surface area contributed by atoms with Gasteiger partial charge in [-0.05, 0) is 37.4 Å². The Kier molecular flexibility index (Phi) is 9.95. The Bertz CT molecular complexity index is 1740. The van der Waals surface area contributed by atoms with Crippen molar-refractivity contribution in [2.75, 3.05) is 72.0 Å². The van der Waals surface area contributed by atoms with Gasteiger partial charge in [0.25, 0.3) is 0 Å². The van der Waals surface area contributed by atoms with Crippen molar-refractivity contribution in [3.05, 3.63) is 47.7 Å². The number of hydrogen-bond donors (Lipinski definition) is 2. The van der Waals surface area contributed by atoms with Crippen LogP contribution in [0.5, 0.6) is 17.2 Å². The van der Waals surface area contributed by atoms with E-state index in [4.69, 9.17) is 19.2 Å². The summed E-state index contributed by atoms with van der Waals surface area (Å²) in [6.07, 6.45) is 2.49. The molecule has 12 heteroatoms. The molecule has 0 aliphatic carbocycles. The number of aromatic nitrogens is 3. The Hall–Kier alpha value is -4.58. The second-order valence-corrected chi connectivity index (χ2v) is 12.3. The van der Waals surface area contributed by atoms with Crippen LogP contribution in [0.4, 0.5) is 5.82 Å². The lowest BCUT2D eigenvalue weighted by molar-refractivity contribution is -0.131. The van der Waals surface area contributed by atoms with Gasteiger partial charge in [0.15, 0.2) is 11.5 Å². The standard InChI is InChI=1S/C35H45N7O5/c1-5-40-15-16-41(32(44)19-29-25-10-6-7-11-27(25)38-39-29)14-12-31(43)36-20-23-9-8-13-42(21-23)35-24(22-40)17-26-28(37-35)18-30(45-2)34(47-4)33(26)46-3/h6-7,10-11,17-18,23H,5,8-9,12-16,19-22H2,1-4H3,(H,36,43)(H,38,39). The van der Waals surface area contributed by atoms with Crippen LogP contribution in [0.1, 0.15) is 37.4 Å². The largest absolute Gasteiger partial charge is 0.493 e. The molecular formula is C35H45N7O5. The first kappa shape index (κ1) is 32.4. The van der Waals surface area contributed by atoms with Crippen LogP contribution < -0.4 is 24.4 Å². The zero-order valence-corrected chi connectivity index (χ0v) is 27.8. The zero-order valence-electron chi connectivity index (χ0n) is 27.8. The van der Waals surface area contributed by atoms with Crippen LogP contribution in [0.25, 0.3) is 21.8 Å². The zero-order chi connectivity index (χ0) is 32.9. The van der Waals surface area contributed by atoms with Crippen LogP contribution in [-0.2, 0) is 22.6 Å². The molecule has 2 aromatic carbocycles. The average molecular weight is 644 g/mol. The number of aromatic amines is 1. The lowest BCUT2D eigenvalue weighted by Crippen LogP contribution is -2.42. The molecule has 2 bridgehead atoms. The van der Waals surface area contributed by atoms with Gasteiger partial charge in [-0.3, -0.25) is 19.6 Å². The van der Waals surface area contributed by atoms with Gasteiger partial charge in [-0.1, -0.05) is 25.1 Å². The number of fused-ring (bicyclic) bond motifs is 6. The average Bonchev–Trinajstić information content (AvgIpc) is 3.50. The van der Waals surface area contributed by atoms with Gasteiger partial charge < -0.3 is 29.3 Å². The van der Waals surface area contributed by atoms with Gasteiger partial charge in [0.05, 0.1) is 44.5 Å². The van der Waals surface area contributed by atoms with Gasteiger partial charge >= 0.3 is 0 Å². The fourth-order valence-corrected chi connectivity index (χ4v) is 6.84. The minimum Gasteiger partial charge on any atom is -0.493 e. The Morgan fingerprint density at radius 2 is 1.81 bits per heavy atom. The molecule has 2 N–H and O–H groups in total. The van der Waals surface area contributed by atoms with Gasteiger partial charge in [0.2, 0.25) is 17.6 Å². The van der Waals surface area contributed by atoms with Crippen molar-refractivity contribution in [1.29, 1.82) is 0 Å². The molecule has 250 valence electrons. The van der Waals surface area contributed by atoms with Crippen molar-refractivity contribution in [3.8, 4) is 17.2 Å². The summed E-state index contributed by atoms with van der Waals surface area (Å²) in [5.41, 5.74) is 3.45. The van der Waals surface area contributed by atoms with Crippen LogP contribution in [-0.4, -0.2) is 104 Å². The molecule has 2 aliphatic rings. The number of piperidine rings is 1. The quantitative estimate of drug-likeness (QED) is 0.323. The highest BCUT2D eigenvalue weighted by molar-refractivity contribution is 5.92. The van der Waals surface area contributed by atoms with E-state index < -0.39 is 0 Å². The first-order valence-corrected chi connectivity index (χ1v) is 16.5. The number of carbonyl (C=O) groups is 2. The summed E-state index contributed by atoms with van der Waals surface area (Å²) >= 11 is 0. The van der Waals surface area contributed by atoms with E-state index in [1.165, 1.54) is 0 Å². The van der Waals surface area contributed by atoms with E-state index in [0.29, 0.717) is 50.0 Å². The number of methoxy groups -OCH3 is 3. The summed E-state index contributed by atoms with van der Waals surface area (Å²) in [6.45, 7) is 7.29. The topological polar surface area (TPSA) is 125 Å². The second-order valence-electron chi connectivity index (χ2n) is 12.3. The van der Waals surface area contributed by atoms with Crippen LogP contribution in [0.2, 0.25) is 0 Å². The number of H-pyrrole nitrogens is 1. The highest BCUT2D eigenvalue weighted by Gasteiger charge is 2.27. The van der Waals surface area contributed by atoms with Crippen molar-refractivity contribution in [2.45, 2.75) is 39.2 Å². The third-order valence-electron chi connectivity index (χ3n) is 9.44. The van der Waals surface area contributed by atoms with Crippen LogP contribution in [0, 0.1) is 5.92 Å². The van der Waals surface area contributed by atoms with E-state index in [2.05, 4.69) is 38.3 Å². The maximum Gasteiger partial charge on any atom is 0.228 e. The Morgan fingerprint density at radius 1 is 0.979 bits per heavy atom. The van der Waals surface area contributed by atoms with Gasteiger partial charge in [-0.2, -0.15) is 5.10 Å². The summed E-state index contributed by atoms with van der Waals surface area (Å²) in [6, 6.07) is 11.8. The maximum atomic E-state index is 13.8. The number of rotatable bonds is 6. The number of likely N-dealkylation sites (N-methyl/N-ethyl adjacent to an activating group) is 1. The van der Waals surface area contributed by atoms with Gasteiger partial charge in [-0.25, -0.2) is 4.98 Å². The SMILES string of the molecule is CCN1CCN(C(=O)Cc2[nH]nc3ccccc23)CCC(=O)NCC2CCCN(C2)c2nc3cc(OC)c(OC)c(OC)c3cc2C1. The summed E-state index contributed by atoms with van der Waals surface area (Å²) in [5.74, 6) is 2.82. The molecule has 2 aliphatic heterocycles. The summed E-state index contributed by atoms with van der Waals surface area (Å²) in [5, 5.41) is 12.4. The summed E-state index contributed by atoms with van der Waals surface area (Å²) in [4.78, 5) is 38.5. The van der Waals surface area contributed by atoms with Crippen LogP contribution >= 0.6 is 0 Å². The predicted molar refractivity (Wildman–Crippen MR) is 181 cm³/mol. The van der Waals surface area contributed by atoms with Crippen molar-refractivity contribution in [1.82, 2.24) is 30.3 Å². The summed E-state index contributed by atoms with van der Waals surface area (Å²) < 4.78 is 17.2. The van der Waals surface area contributed by atoms with Crippen LogP contribution in [0.3, 0.4) is 0 Å². The molecule has 4 aromatic rings. The Labute approximate surface area is 275 Å². The van der Waals surface area contributed by atoms with Crippen molar-refractivity contribution in [3.63, 3.8) is 0 Å². The number of pyridine rings is 1. The van der Waals surface area contributed by atoms with Crippen LogP contribution in [0.15, 0.2) is 36.4 Å². The molecule has 4 heterocycles. The molecule has 1 unspecified atom stereocenters. The fraction of sp³-hybridized carbons (Fsp3) is 0.486. The van der Waals surface area contributed by atoms with E-state index >= 15 is 0 Å². The minimum atomic E-state index is -0.0354. The first-order chi connectivity index (χ1) is 22.9. The Morgan fingerprint density at radius 3 is 2.60 bits per heavy atom. The normalized spacial score (nSPS) is 18.3. The maximum absolute atomic E-state index is 13.8. The third kappa shape index (κ3) is 6.92. The lowest BCUT2D eigenvalue weighted by atomic mass is 9.97. The van der Waals surface area contributed by atoms with E-state index in [0.717, 1.165) is 71.4 Å². The monoisotopic (exact) mass is 643 g/mol. The number of para-hydroxylation sites is 1. The molecule has 1 atom stereocenters. The number of hydrogen-bond acceptors (Lipinski definition) is 9. The second kappa shape index (κ2) is 14.5. The van der Waals surface area contributed by atoms with Crippen molar-refractivity contribution < 1.29 is 23.8 Å². The fourth-order valence-electron chi connectivity index (χ4n) is 6.84. The molecule has 47 heavy (non-hydrogen) atoms. The molecule has 12 nitrogen and oxygen atoms in total. The van der Waals surface area contributed by atoms with E-state index in [1.54, 1.807) is 21.3 Å². The smallest absolute Gasteiger partial charge is 0.228 e. The molecule has 2 amide bonds. The van der Waals surface area contributed by atoms with Crippen molar-refractivity contribution in [2.24, 2.45) is 5.92 Å². The van der Waals surface area contributed by atoms with E-state index in [1.807, 2.05) is 35.2 Å². The number of nitrogens with zero attached hydrogens (tertiary/aromatic N) is 5. The molecule has 0 saturated carbocycles. The van der Waals surface area contributed by atoms with Gasteiger partial charge in [0, 0.05) is 74.6 Å². The Balaban J connectivity index is 1.34. The van der Waals surface area contributed by atoms with E-state index in [-0.39, 0.29) is 30.6 Å². The molecule has 0 spiro atoms. The molecule has 1 saturated heterocycles. The predicted octanol–water partition coefficient (Wildman–Crippen LogP) is 3.77. The molecular weight excluding hydrogens is 598 g/mol. The highest BCUT2D eigenvalue weighted by atomic mass is 16.5. The summed E-state index contributed by atoms with van der Waals surface area (Å²) in [7, 11) is 4.85. The molecule has 0 radical (unpaired) electrons. The molecule has 1 fully saturated rings. The van der Waals surface area contributed by atoms with Gasteiger partial charge in [0.1, 0.15) is 5.82 Å². The number of nitrogens with one attached hydrogen (secondary N) is 2. The highest BCUT2D eigenvalue weighted by Crippen LogP contribution is 2.44. The van der Waals surface area contributed by atoms with Gasteiger partial charge in [-0.15, -0.1) is 0 Å². The number of benzene rings is 2. The van der Waals surface area contributed by atoms with E-state index in [9.17, 15) is 9.59 Å².